The molecule has 0 saturated heterocycles. The minimum absolute atomic E-state index is 0.380. The molecule has 2 rings (SSSR count). The first-order chi connectivity index (χ1) is 10.2. The Balaban J connectivity index is 2.63. The zero-order chi connectivity index (χ0) is 16.8. The van der Waals surface area contributed by atoms with Gasteiger partial charge in [-0.15, -0.1) is 0 Å². The van der Waals surface area contributed by atoms with E-state index in [9.17, 15) is 0 Å². The maximum absolute atomic E-state index is 2.42. The molecule has 0 aliphatic heterocycles. The molecule has 0 unspecified atom stereocenters. The van der Waals surface area contributed by atoms with Crippen LogP contribution in [0.3, 0.4) is 0 Å². The van der Waals surface area contributed by atoms with E-state index in [0.717, 1.165) is 0 Å². The van der Waals surface area contributed by atoms with Gasteiger partial charge in [0.25, 0.3) is 0 Å². The van der Waals surface area contributed by atoms with Crippen molar-refractivity contribution in [1.82, 2.24) is 0 Å². The van der Waals surface area contributed by atoms with Crippen molar-refractivity contribution < 1.29 is 0 Å². The molecular weight excluding hydrogens is 331 g/mol. The SMILES string of the molecule is Cc1cc([Se]c2c(C)c(C)c(C)c(C)c2C)c(C)c(C)c1C. The summed E-state index contributed by atoms with van der Waals surface area (Å²) in [6, 6.07) is 2.42. The molecule has 0 heterocycles. The quantitative estimate of drug-likeness (QED) is 0.708. The van der Waals surface area contributed by atoms with Crippen molar-refractivity contribution in [1.29, 1.82) is 0 Å². The van der Waals surface area contributed by atoms with Crippen LogP contribution >= 0.6 is 0 Å². The minimum atomic E-state index is 0.380. The van der Waals surface area contributed by atoms with Crippen LogP contribution in [0.25, 0.3) is 0 Å². The number of hydrogen-bond donors (Lipinski definition) is 0. The summed E-state index contributed by atoms with van der Waals surface area (Å²) in [7, 11) is 0. The third-order valence-electron chi connectivity index (χ3n) is 5.58. The van der Waals surface area contributed by atoms with Crippen LogP contribution in [0, 0.1) is 62.3 Å². The molecule has 0 fully saturated rings. The first kappa shape index (κ1) is 17.3. The van der Waals surface area contributed by atoms with Gasteiger partial charge in [-0.05, 0) is 0 Å². The van der Waals surface area contributed by atoms with Crippen molar-refractivity contribution >= 4 is 23.9 Å². The second-order valence-electron chi connectivity index (χ2n) is 6.62. The Morgan fingerprint density at radius 3 is 1.41 bits per heavy atom. The van der Waals surface area contributed by atoms with Gasteiger partial charge >= 0.3 is 142 Å². The number of aryl methyl sites for hydroxylation is 1. The zero-order valence-electron chi connectivity index (χ0n) is 15.5. The molecule has 0 atom stereocenters. The number of hydrogen-bond acceptors (Lipinski definition) is 0. The van der Waals surface area contributed by atoms with Crippen LogP contribution in [0.4, 0.5) is 0 Å². The molecule has 118 valence electrons. The standard InChI is InChI=1S/C21H28Se/c1-11-10-20(17(7)13(3)12(11)2)22-21-18(8)15(5)14(4)16(6)19(21)9/h10H,1-9H3. The van der Waals surface area contributed by atoms with Gasteiger partial charge in [-0.25, -0.2) is 0 Å². The van der Waals surface area contributed by atoms with Crippen LogP contribution in [-0.4, -0.2) is 15.0 Å². The van der Waals surface area contributed by atoms with Crippen molar-refractivity contribution in [2.24, 2.45) is 0 Å². The summed E-state index contributed by atoms with van der Waals surface area (Å²) in [4.78, 5) is 0. The van der Waals surface area contributed by atoms with Gasteiger partial charge in [0.15, 0.2) is 0 Å². The van der Waals surface area contributed by atoms with Crippen LogP contribution in [-0.2, 0) is 0 Å². The van der Waals surface area contributed by atoms with Crippen molar-refractivity contribution in [2.45, 2.75) is 62.3 Å². The average molecular weight is 359 g/mol. The summed E-state index contributed by atoms with van der Waals surface area (Å²) in [5, 5.41) is 0. The van der Waals surface area contributed by atoms with Crippen molar-refractivity contribution in [2.75, 3.05) is 0 Å². The second kappa shape index (κ2) is 6.22. The molecular formula is C21H28Se. The molecule has 0 aromatic heterocycles. The fourth-order valence-corrected chi connectivity index (χ4v) is 5.89. The molecule has 0 amide bonds. The predicted molar refractivity (Wildman–Crippen MR) is 101 cm³/mol. The van der Waals surface area contributed by atoms with E-state index in [-0.39, 0.29) is 0 Å². The van der Waals surface area contributed by atoms with Crippen LogP contribution in [0.15, 0.2) is 6.07 Å². The fraction of sp³-hybridized carbons (Fsp3) is 0.429. The van der Waals surface area contributed by atoms with Gasteiger partial charge in [0.1, 0.15) is 0 Å². The van der Waals surface area contributed by atoms with Gasteiger partial charge in [-0.1, -0.05) is 0 Å². The van der Waals surface area contributed by atoms with Gasteiger partial charge in [0.2, 0.25) is 0 Å². The second-order valence-corrected chi connectivity index (χ2v) is 8.83. The Kier molecular flexibility index (Phi) is 4.90. The molecule has 0 bridgehead atoms. The summed E-state index contributed by atoms with van der Waals surface area (Å²) in [5.74, 6) is 0. The monoisotopic (exact) mass is 360 g/mol. The molecule has 0 aliphatic rings. The Labute approximate surface area is 142 Å². The van der Waals surface area contributed by atoms with E-state index in [1.807, 2.05) is 0 Å². The van der Waals surface area contributed by atoms with Gasteiger partial charge in [-0.3, -0.25) is 0 Å². The summed E-state index contributed by atoms with van der Waals surface area (Å²) in [5.41, 5.74) is 13.2. The van der Waals surface area contributed by atoms with Gasteiger partial charge in [0.05, 0.1) is 0 Å². The van der Waals surface area contributed by atoms with Gasteiger partial charge in [0, 0.05) is 0 Å². The summed E-state index contributed by atoms with van der Waals surface area (Å²) < 4.78 is 3.13. The average Bonchev–Trinajstić information content (AvgIpc) is 2.50. The molecule has 0 radical (unpaired) electrons. The molecule has 2 aromatic carbocycles. The third-order valence-corrected chi connectivity index (χ3v) is 8.64. The predicted octanol–water partition coefficient (Wildman–Crippen LogP) is 4.12. The maximum atomic E-state index is 2.42. The van der Waals surface area contributed by atoms with E-state index in [1.54, 1.807) is 8.92 Å². The number of rotatable bonds is 2. The first-order valence-electron chi connectivity index (χ1n) is 7.99. The van der Waals surface area contributed by atoms with Gasteiger partial charge < -0.3 is 0 Å². The Hall–Kier alpha value is -1.04. The van der Waals surface area contributed by atoms with Crippen molar-refractivity contribution in [3.8, 4) is 0 Å². The summed E-state index contributed by atoms with van der Waals surface area (Å²) in [6.07, 6.45) is 0. The van der Waals surface area contributed by atoms with E-state index >= 15 is 0 Å². The third kappa shape index (κ3) is 2.77. The normalized spacial score (nSPS) is 11.1. The Bertz CT molecular complexity index is 722. The summed E-state index contributed by atoms with van der Waals surface area (Å²) >= 11 is 0.380. The van der Waals surface area contributed by atoms with E-state index < -0.39 is 0 Å². The zero-order valence-corrected chi connectivity index (χ0v) is 17.2. The molecule has 0 saturated carbocycles. The molecule has 22 heavy (non-hydrogen) atoms. The van der Waals surface area contributed by atoms with Crippen molar-refractivity contribution in [3.63, 3.8) is 0 Å². The first-order valence-corrected chi connectivity index (χ1v) is 9.70. The van der Waals surface area contributed by atoms with Crippen LogP contribution in [0.1, 0.15) is 50.1 Å². The summed E-state index contributed by atoms with van der Waals surface area (Å²) in [6.45, 7) is 20.4. The van der Waals surface area contributed by atoms with Crippen molar-refractivity contribution in [3.05, 3.63) is 56.1 Å². The van der Waals surface area contributed by atoms with Gasteiger partial charge in [-0.2, -0.15) is 0 Å². The van der Waals surface area contributed by atoms with E-state index in [2.05, 4.69) is 68.4 Å². The molecule has 0 nitrogen and oxygen atoms in total. The molecule has 0 spiro atoms. The Morgan fingerprint density at radius 2 is 0.909 bits per heavy atom. The molecule has 2 aromatic rings. The molecule has 0 aliphatic carbocycles. The van der Waals surface area contributed by atoms with E-state index in [4.69, 9.17) is 0 Å². The fourth-order valence-electron chi connectivity index (χ4n) is 3.01. The topological polar surface area (TPSA) is 0 Å². The van der Waals surface area contributed by atoms with Crippen LogP contribution < -0.4 is 8.92 Å². The van der Waals surface area contributed by atoms with E-state index in [1.165, 1.54) is 50.1 Å². The Morgan fingerprint density at radius 1 is 0.500 bits per heavy atom. The molecule has 0 N–H and O–H groups in total. The van der Waals surface area contributed by atoms with Crippen LogP contribution in [0.2, 0.25) is 0 Å². The molecule has 1 heteroatoms. The number of benzene rings is 2. The van der Waals surface area contributed by atoms with E-state index in [0.29, 0.717) is 15.0 Å². The van der Waals surface area contributed by atoms with Crippen LogP contribution in [0.5, 0.6) is 0 Å².